The van der Waals surface area contributed by atoms with Crippen LogP contribution in [0.15, 0.2) is 18.2 Å². The summed E-state index contributed by atoms with van der Waals surface area (Å²) in [4.78, 5) is 12.1. The summed E-state index contributed by atoms with van der Waals surface area (Å²) in [6, 6.07) is 4.54. The molecule has 0 saturated carbocycles. The van der Waals surface area contributed by atoms with Crippen molar-refractivity contribution in [3.8, 4) is 0 Å². The van der Waals surface area contributed by atoms with Gasteiger partial charge in [0.15, 0.2) is 0 Å². The fourth-order valence-electron chi connectivity index (χ4n) is 1.49. The van der Waals surface area contributed by atoms with Gasteiger partial charge in [-0.15, -0.1) is 0 Å². The summed E-state index contributed by atoms with van der Waals surface area (Å²) in [5.41, 5.74) is 1.00. The molecule has 0 saturated heterocycles. The van der Waals surface area contributed by atoms with Crippen molar-refractivity contribution in [1.29, 1.82) is 0 Å². The van der Waals surface area contributed by atoms with Gasteiger partial charge >= 0.3 is 0 Å². The van der Waals surface area contributed by atoms with E-state index in [0.717, 1.165) is 18.4 Å². The van der Waals surface area contributed by atoms with Gasteiger partial charge in [0.2, 0.25) is 0 Å². The zero-order chi connectivity index (χ0) is 12.8. The van der Waals surface area contributed by atoms with Gasteiger partial charge < -0.3 is 5.32 Å². The van der Waals surface area contributed by atoms with Crippen LogP contribution in [0.3, 0.4) is 0 Å². The molecule has 4 heteroatoms. The fourth-order valence-corrected chi connectivity index (χ4v) is 1.82. The Kier molecular flexibility index (Phi) is 5.62. The first-order chi connectivity index (χ1) is 8.00. The third-order valence-corrected chi connectivity index (χ3v) is 2.89. The van der Waals surface area contributed by atoms with E-state index in [9.17, 15) is 9.18 Å². The normalized spacial score (nSPS) is 12.2. The number of hydrogen-bond donors (Lipinski definition) is 1. The highest BCUT2D eigenvalue weighted by molar-refractivity contribution is 9.09. The quantitative estimate of drug-likeness (QED) is 0.655. The number of halogens is 2. The number of hydrogen-bond acceptors (Lipinski definition) is 1. The van der Waals surface area contributed by atoms with Crippen LogP contribution in [0.5, 0.6) is 0 Å². The van der Waals surface area contributed by atoms with E-state index < -0.39 is 5.82 Å². The Morgan fingerprint density at radius 2 is 2.24 bits per heavy atom. The maximum atomic E-state index is 13.4. The lowest BCUT2D eigenvalue weighted by atomic mass is 10.1. The largest absolute Gasteiger partial charge is 0.352 e. The van der Waals surface area contributed by atoms with E-state index >= 15 is 0 Å². The maximum absolute atomic E-state index is 13.4. The molecule has 0 aliphatic carbocycles. The first-order valence-corrected chi connectivity index (χ1v) is 6.60. The van der Waals surface area contributed by atoms with Crippen molar-refractivity contribution < 1.29 is 9.18 Å². The number of amides is 1. The molecule has 0 aromatic heterocycles. The van der Waals surface area contributed by atoms with Gasteiger partial charge in [0.25, 0.3) is 5.91 Å². The van der Waals surface area contributed by atoms with Gasteiger partial charge in [0.05, 0.1) is 5.56 Å². The number of aryl methyl sites for hydroxylation is 1. The van der Waals surface area contributed by atoms with Crippen LogP contribution >= 0.6 is 15.9 Å². The lowest BCUT2D eigenvalue weighted by Gasteiger charge is -2.07. The molecule has 1 aromatic rings. The van der Waals surface area contributed by atoms with Crippen molar-refractivity contribution in [2.24, 2.45) is 0 Å². The van der Waals surface area contributed by atoms with Crippen LogP contribution in [-0.4, -0.2) is 17.3 Å². The Bertz CT molecular complexity index is 393. The van der Waals surface area contributed by atoms with Crippen LogP contribution in [0.2, 0.25) is 0 Å². The standard InChI is InChI=1S/C13H17BrFNO/c1-9-5-6-12(15)11(8-9)13(17)16-7-3-4-10(2)14/h5-6,8,10H,3-4,7H2,1-2H3,(H,16,17). The molecule has 0 heterocycles. The second kappa shape index (κ2) is 6.74. The number of alkyl halides is 1. The Labute approximate surface area is 110 Å². The minimum absolute atomic E-state index is 0.122. The van der Waals surface area contributed by atoms with Gasteiger partial charge in [-0.2, -0.15) is 0 Å². The summed E-state index contributed by atoms with van der Waals surface area (Å²) < 4.78 is 13.4. The van der Waals surface area contributed by atoms with Crippen LogP contribution in [0.25, 0.3) is 0 Å². The van der Waals surface area contributed by atoms with Crippen molar-refractivity contribution in [2.75, 3.05) is 6.54 Å². The van der Waals surface area contributed by atoms with Crippen molar-refractivity contribution in [1.82, 2.24) is 5.32 Å². The van der Waals surface area contributed by atoms with E-state index in [2.05, 4.69) is 28.2 Å². The Morgan fingerprint density at radius 1 is 1.53 bits per heavy atom. The average Bonchev–Trinajstić information content (AvgIpc) is 2.27. The summed E-state index contributed by atoms with van der Waals surface area (Å²) in [5.74, 6) is -0.810. The topological polar surface area (TPSA) is 29.1 Å². The number of benzene rings is 1. The smallest absolute Gasteiger partial charge is 0.254 e. The van der Waals surface area contributed by atoms with Crippen LogP contribution in [0, 0.1) is 12.7 Å². The molecule has 0 radical (unpaired) electrons. The van der Waals surface area contributed by atoms with Gasteiger partial charge in [0.1, 0.15) is 5.82 Å². The predicted molar refractivity (Wildman–Crippen MR) is 71.1 cm³/mol. The molecular formula is C13H17BrFNO. The van der Waals surface area contributed by atoms with E-state index in [1.54, 1.807) is 12.1 Å². The molecule has 1 aromatic carbocycles. The molecule has 1 atom stereocenters. The highest BCUT2D eigenvalue weighted by Crippen LogP contribution is 2.10. The molecule has 1 amide bonds. The second-order valence-corrected chi connectivity index (χ2v) is 5.73. The number of carbonyl (C=O) groups excluding carboxylic acids is 1. The van der Waals surface area contributed by atoms with E-state index in [1.807, 2.05) is 6.92 Å². The zero-order valence-electron chi connectivity index (χ0n) is 10.1. The van der Waals surface area contributed by atoms with Crippen molar-refractivity contribution >= 4 is 21.8 Å². The summed E-state index contributed by atoms with van der Waals surface area (Å²) in [5, 5.41) is 2.72. The zero-order valence-corrected chi connectivity index (χ0v) is 11.7. The van der Waals surface area contributed by atoms with E-state index in [-0.39, 0.29) is 11.5 Å². The lowest BCUT2D eigenvalue weighted by molar-refractivity contribution is 0.0949. The molecule has 0 aliphatic heterocycles. The third kappa shape index (κ3) is 4.86. The minimum atomic E-state index is -0.470. The highest BCUT2D eigenvalue weighted by Gasteiger charge is 2.10. The maximum Gasteiger partial charge on any atom is 0.254 e. The van der Waals surface area contributed by atoms with Crippen LogP contribution < -0.4 is 5.32 Å². The summed E-state index contributed by atoms with van der Waals surface area (Å²) in [6.07, 6.45) is 1.86. The summed E-state index contributed by atoms with van der Waals surface area (Å²) in [7, 11) is 0. The highest BCUT2D eigenvalue weighted by atomic mass is 79.9. The van der Waals surface area contributed by atoms with Crippen LogP contribution in [0.1, 0.15) is 35.7 Å². The van der Waals surface area contributed by atoms with Gasteiger partial charge in [-0.1, -0.05) is 34.5 Å². The van der Waals surface area contributed by atoms with Gasteiger partial charge in [-0.3, -0.25) is 4.79 Å². The number of carbonyl (C=O) groups is 1. The van der Waals surface area contributed by atoms with Gasteiger partial charge in [-0.25, -0.2) is 4.39 Å². The molecule has 0 fully saturated rings. The fraction of sp³-hybridized carbons (Fsp3) is 0.462. The molecular weight excluding hydrogens is 285 g/mol. The summed E-state index contributed by atoms with van der Waals surface area (Å²) >= 11 is 3.43. The first kappa shape index (κ1) is 14.2. The molecule has 0 bridgehead atoms. The Balaban J connectivity index is 2.49. The van der Waals surface area contributed by atoms with Gasteiger partial charge in [0, 0.05) is 11.4 Å². The third-order valence-electron chi connectivity index (χ3n) is 2.43. The predicted octanol–water partition coefficient (Wildman–Crippen LogP) is 3.43. The lowest BCUT2D eigenvalue weighted by Crippen LogP contribution is -2.25. The second-order valence-electron chi connectivity index (χ2n) is 4.16. The molecule has 17 heavy (non-hydrogen) atoms. The van der Waals surface area contributed by atoms with Crippen molar-refractivity contribution in [3.05, 3.63) is 35.1 Å². The Hall–Kier alpha value is -0.900. The Morgan fingerprint density at radius 3 is 2.88 bits per heavy atom. The number of rotatable bonds is 5. The first-order valence-electron chi connectivity index (χ1n) is 5.69. The molecule has 94 valence electrons. The average molecular weight is 302 g/mol. The van der Waals surface area contributed by atoms with E-state index in [4.69, 9.17) is 0 Å². The van der Waals surface area contributed by atoms with Crippen molar-refractivity contribution in [3.63, 3.8) is 0 Å². The van der Waals surface area contributed by atoms with Crippen molar-refractivity contribution in [2.45, 2.75) is 31.5 Å². The number of nitrogens with one attached hydrogen (secondary N) is 1. The van der Waals surface area contributed by atoms with E-state index in [1.165, 1.54) is 6.07 Å². The molecule has 1 unspecified atom stereocenters. The molecule has 1 rings (SSSR count). The molecule has 1 N–H and O–H groups in total. The SMILES string of the molecule is Cc1ccc(F)c(C(=O)NCCCC(C)Br)c1. The van der Waals surface area contributed by atoms with E-state index in [0.29, 0.717) is 11.4 Å². The van der Waals surface area contributed by atoms with Crippen LogP contribution in [0.4, 0.5) is 4.39 Å². The van der Waals surface area contributed by atoms with Gasteiger partial charge in [-0.05, 0) is 31.9 Å². The van der Waals surface area contributed by atoms with Crippen LogP contribution in [-0.2, 0) is 0 Å². The molecule has 0 spiro atoms. The molecule has 2 nitrogen and oxygen atoms in total. The monoisotopic (exact) mass is 301 g/mol. The summed E-state index contributed by atoms with van der Waals surface area (Å²) in [6.45, 7) is 4.47. The minimum Gasteiger partial charge on any atom is -0.352 e. The molecule has 0 aliphatic rings.